The zero-order valence-electron chi connectivity index (χ0n) is 47.3. The first-order chi connectivity index (χ1) is 42.6. The van der Waals surface area contributed by atoms with Crippen LogP contribution in [0.25, 0.3) is 33.8 Å². The molecule has 0 radical (unpaired) electrons. The highest BCUT2D eigenvalue weighted by atomic mass is 19.3. The Labute approximate surface area is 497 Å². The molecule has 0 bridgehead atoms. The molecule has 456 valence electrons. The SMILES string of the molecule is CN(CCN1CCOCC1)C(=O)c1cccc(Oc2ccc(OC(F)F)c(-c3nn(C)cc3NC(=O)c3cnn4cccnc34)c2)c1.Cn1cc(NC(=O)c2cnn3cccnc23)c(-c2cc(Oc3cc(CNCCO)ccc3F)ccc2OC(F)F)n1. The number of anilines is 2. The lowest BCUT2D eigenvalue weighted by atomic mass is 10.1. The van der Waals surface area contributed by atoms with Crippen LogP contribution in [0.2, 0.25) is 0 Å². The molecule has 0 spiro atoms. The Kier molecular flexibility index (Phi) is 19.2. The van der Waals surface area contributed by atoms with Crippen LogP contribution in [0.5, 0.6) is 34.5 Å². The molecule has 10 aromatic rings. The van der Waals surface area contributed by atoms with Crippen molar-refractivity contribution in [3.8, 4) is 57.0 Å². The second-order valence-corrected chi connectivity index (χ2v) is 19.6. The number of alkyl halides is 4. The number of fused-ring (bicyclic) bond motifs is 2. The van der Waals surface area contributed by atoms with E-state index in [4.69, 9.17) is 28.8 Å². The summed E-state index contributed by atoms with van der Waals surface area (Å²) >= 11 is 0. The molecule has 1 aliphatic rings. The highest BCUT2D eigenvalue weighted by Crippen LogP contribution is 2.41. The summed E-state index contributed by atoms with van der Waals surface area (Å²) in [5.41, 5.74) is 3.10. The summed E-state index contributed by atoms with van der Waals surface area (Å²) in [5.74, 6) is -1.65. The first-order valence-corrected chi connectivity index (χ1v) is 27.1. The van der Waals surface area contributed by atoms with Crippen LogP contribution in [0.4, 0.5) is 33.3 Å². The number of amides is 3. The molecule has 4 N–H and O–H groups in total. The van der Waals surface area contributed by atoms with Crippen LogP contribution >= 0.6 is 0 Å². The third kappa shape index (κ3) is 14.8. The van der Waals surface area contributed by atoms with Crippen molar-refractivity contribution in [2.45, 2.75) is 19.8 Å². The number of aromatic nitrogens is 10. The number of benzene rings is 4. The number of carbonyl (C=O) groups is 3. The first-order valence-electron chi connectivity index (χ1n) is 27.1. The molecular weight excluding hydrogens is 1160 g/mol. The van der Waals surface area contributed by atoms with Gasteiger partial charge in [0.15, 0.2) is 22.9 Å². The third-order valence-corrected chi connectivity index (χ3v) is 13.4. The summed E-state index contributed by atoms with van der Waals surface area (Å²) in [4.78, 5) is 51.9. The lowest BCUT2D eigenvalue weighted by molar-refractivity contribution is -0.0501. The van der Waals surface area contributed by atoms with E-state index in [1.54, 1.807) is 87.1 Å². The zero-order valence-corrected chi connectivity index (χ0v) is 47.3. The van der Waals surface area contributed by atoms with Crippen molar-refractivity contribution in [1.82, 2.24) is 63.9 Å². The number of carbonyl (C=O) groups excluding carboxylic acids is 3. The average Bonchev–Trinajstić information content (AvgIpc) is 2.03. The number of nitrogens with zero attached hydrogens (tertiary/aromatic N) is 12. The molecule has 11 rings (SSSR count). The van der Waals surface area contributed by atoms with Crippen molar-refractivity contribution in [3.05, 3.63) is 169 Å². The van der Waals surface area contributed by atoms with Gasteiger partial charge in [-0.3, -0.25) is 28.6 Å². The molecule has 29 heteroatoms. The number of aryl methyl sites for hydroxylation is 2. The Balaban J connectivity index is 0.000000196. The molecule has 0 saturated carbocycles. The highest BCUT2D eigenvalue weighted by Gasteiger charge is 2.25. The second-order valence-electron chi connectivity index (χ2n) is 19.6. The zero-order chi connectivity index (χ0) is 61.8. The first kappa shape index (κ1) is 60.8. The Hall–Kier alpha value is -10.4. The summed E-state index contributed by atoms with van der Waals surface area (Å²) in [7, 11) is 4.97. The van der Waals surface area contributed by atoms with Crippen LogP contribution in [0.1, 0.15) is 36.6 Å². The largest absolute Gasteiger partial charge is 0.457 e. The number of hydrogen-bond donors (Lipinski definition) is 4. The highest BCUT2D eigenvalue weighted by molar-refractivity contribution is 6.10. The fourth-order valence-corrected chi connectivity index (χ4v) is 9.27. The fraction of sp³-hybridized carbons (Fsp3) is 0.237. The number of hydrogen-bond acceptors (Lipinski definition) is 17. The maximum Gasteiger partial charge on any atom is 0.387 e. The number of halogens is 5. The summed E-state index contributed by atoms with van der Waals surface area (Å²) in [6, 6.07) is 22.6. The van der Waals surface area contributed by atoms with Crippen molar-refractivity contribution in [3.63, 3.8) is 0 Å². The van der Waals surface area contributed by atoms with Crippen molar-refractivity contribution >= 4 is 40.4 Å². The third-order valence-electron chi connectivity index (χ3n) is 13.4. The maximum absolute atomic E-state index is 14.6. The van der Waals surface area contributed by atoms with E-state index in [-0.39, 0.29) is 86.3 Å². The standard InChI is InChI=1S/C32H32F2N8O5.C27H24F3N7O4/c1-39(11-12-41-13-15-45-16-14-41)31(44)21-5-3-6-22(17-21)46-23-7-8-27(47-32(33)34)24(18-23)28-26(20-40(2)38-28)37-30(43)25-19-36-42-10-4-9-35-29(25)42;1-36-15-21(34-26(39)19-14-33-37-9-2-7-32-25(19)37)24(35-36)18-12-17(4-6-22(18)41-27(29)30)40-23-11-16(3-5-20(23)28)13-31-8-10-38/h3-10,17-20,32H,11-16H2,1-2H3,(H,37,43);2-7,9,11-12,14-15,27,31,38H,8,10,13H2,1H3,(H,34,39). The summed E-state index contributed by atoms with van der Waals surface area (Å²) in [6.07, 6.45) is 12.1. The van der Waals surface area contributed by atoms with Gasteiger partial charge >= 0.3 is 13.2 Å². The number of nitrogens with one attached hydrogen (secondary N) is 3. The minimum Gasteiger partial charge on any atom is -0.457 e. The monoisotopic (exact) mass is 1210 g/mol. The van der Waals surface area contributed by atoms with Gasteiger partial charge in [-0.2, -0.15) is 38.0 Å². The Morgan fingerprint density at radius 1 is 0.693 bits per heavy atom. The fourth-order valence-electron chi connectivity index (χ4n) is 9.27. The van der Waals surface area contributed by atoms with Crippen LogP contribution in [0.15, 0.2) is 141 Å². The molecule has 7 heterocycles. The van der Waals surface area contributed by atoms with Crippen molar-refractivity contribution in [2.75, 3.05) is 70.2 Å². The van der Waals surface area contributed by atoms with E-state index >= 15 is 0 Å². The molecule has 4 aromatic carbocycles. The van der Waals surface area contributed by atoms with Crippen LogP contribution in [0.3, 0.4) is 0 Å². The molecule has 0 atom stereocenters. The van der Waals surface area contributed by atoms with Crippen LogP contribution in [0, 0.1) is 5.82 Å². The number of morpholine rings is 1. The summed E-state index contributed by atoms with van der Waals surface area (Å²) in [5, 5.41) is 34.5. The molecule has 88 heavy (non-hydrogen) atoms. The van der Waals surface area contributed by atoms with E-state index in [0.717, 1.165) is 19.6 Å². The van der Waals surface area contributed by atoms with Crippen molar-refractivity contribution in [2.24, 2.45) is 14.1 Å². The molecule has 3 amide bonds. The Morgan fingerprint density at radius 3 is 1.81 bits per heavy atom. The number of aliphatic hydroxyl groups excluding tert-OH is 1. The number of rotatable bonds is 22. The van der Waals surface area contributed by atoms with Gasteiger partial charge in [0.1, 0.15) is 51.3 Å². The van der Waals surface area contributed by atoms with Gasteiger partial charge in [0.2, 0.25) is 0 Å². The predicted molar refractivity (Wildman–Crippen MR) is 308 cm³/mol. The van der Waals surface area contributed by atoms with E-state index in [9.17, 15) is 36.3 Å². The van der Waals surface area contributed by atoms with Gasteiger partial charge in [0.05, 0.1) is 54.7 Å². The molecule has 1 fully saturated rings. The predicted octanol–water partition coefficient (Wildman–Crippen LogP) is 8.18. The maximum atomic E-state index is 14.6. The molecule has 1 saturated heterocycles. The smallest absolute Gasteiger partial charge is 0.387 e. The van der Waals surface area contributed by atoms with Crippen LogP contribution in [-0.2, 0) is 25.4 Å². The minimum atomic E-state index is -3.15. The summed E-state index contributed by atoms with van der Waals surface area (Å²) in [6.45, 7) is -1.26. The minimum absolute atomic E-state index is 0.0492. The van der Waals surface area contributed by atoms with Crippen LogP contribution < -0.4 is 34.9 Å². The van der Waals surface area contributed by atoms with Crippen molar-refractivity contribution in [1.29, 1.82) is 0 Å². The summed E-state index contributed by atoms with van der Waals surface area (Å²) < 4.78 is 101. The molecular formula is C59H56F5N15O9. The van der Waals surface area contributed by atoms with E-state index in [0.29, 0.717) is 61.0 Å². The van der Waals surface area contributed by atoms with Gasteiger partial charge in [-0.25, -0.2) is 23.4 Å². The second kappa shape index (κ2) is 27.8. The topological polar surface area (TPSA) is 256 Å². The quantitative estimate of drug-likeness (QED) is 0.0368. The molecule has 24 nitrogen and oxygen atoms in total. The van der Waals surface area contributed by atoms with E-state index in [1.807, 2.05) is 0 Å². The van der Waals surface area contributed by atoms with Crippen LogP contribution in [-0.4, -0.2) is 154 Å². The van der Waals surface area contributed by atoms with E-state index in [2.05, 4.69) is 51.2 Å². The van der Waals surface area contributed by atoms with Gasteiger partial charge in [0, 0.05) is 103 Å². The number of aliphatic hydroxyl groups is 1. The van der Waals surface area contributed by atoms with Crippen molar-refractivity contribution < 1.29 is 65.1 Å². The van der Waals surface area contributed by atoms with E-state index < -0.39 is 30.9 Å². The van der Waals surface area contributed by atoms with Gasteiger partial charge in [-0.15, -0.1) is 0 Å². The Bertz CT molecular complexity index is 4100. The molecule has 0 unspecified atom stereocenters. The lowest BCUT2D eigenvalue weighted by Crippen LogP contribution is -2.41. The molecule has 0 aliphatic carbocycles. The normalized spacial score (nSPS) is 12.5. The number of likely N-dealkylation sites (N-methyl/N-ethyl adjacent to an activating group) is 1. The Morgan fingerprint density at radius 2 is 1.25 bits per heavy atom. The van der Waals surface area contributed by atoms with E-state index in [1.165, 1.54) is 97.9 Å². The van der Waals surface area contributed by atoms with Gasteiger partial charge in [-0.05, 0) is 84.4 Å². The number of ether oxygens (including phenoxy) is 5. The molecule has 6 aromatic heterocycles. The van der Waals surface area contributed by atoms with Gasteiger partial charge < -0.3 is 49.6 Å². The van der Waals surface area contributed by atoms with Gasteiger partial charge in [0.25, 0.3) is 17.7 Å². The lowest BCUT2D eigenvalue weighted by Gasteiger charge is -2.28. The molecule has 1 aliphatic heterocycles. The average molecular weight is 1210 g/mol. The van der Waals surface area contributed by atoms with Gasteiger partial charge in [-0.1, -0.05) is 12.1 Å².